The minimum atomic E-state index is -0.251. The fourth-order valence-corrected chi connectivity index (χ4v) is 3.95. The van der Waals surface area contributed by atoms with Gasteiger partial charge in [-0.1, -0.05) is 62.2 Å². The first kappa shape index (κ1) is 22.6. The first-order valence-corrected chi connectivity index (χ1v) is 11.7. The van der Waals surface area contributed by atoms with E-state index in [-0.39, 0.29) is 11.9 Å². The molecule has 170 valence electrons. The zero-order valence-corrected chi connectivity index (χ0v) is 19.3. The van der Waals surface area contributed by atoms with Crippen molar-refractivity contribution in [3.05, 3.63) is 95.8 Å². The Hall–Kier alpha value is -3.60. The van der Waals surface area contributed by atoms with Gasteiger partial charge in [0, 0.05) is 12.1 Å². The quantitative estimate of drug-likeness (QED) is 0.301. The third-order valence-electron chi connectivity index (χ3n) is 5.74. The van der Waals surface area contributed by atoms with Crippen molar-refractivity contribution in [2.75, 3.05) is 6.61 Å². The fraction of sp³-hybridized carbons (Fsp3) is 0.286. The second-order valence-corrected chi connectivity index (χ2v) is 8.31. The average molecular weight is 442 g/mol. The number of carbonyl (C=O) groups excluding carboxylic acids is 1. The lowest BCUT2D eigenvalue weighted by Crippen LogP contribution is -2.28. The van der Waals surface area contributed by atoms with Crippen LogP contribution in [-0.2, 0) is 6.54 Å². The molecular formula is C28H31N3O2. The number of fused-ring (bicyclic) bond motifs is 1. The predicted molar refractivity (Wildman–Crippen MR) is 133 cm³/mol. The van der Waals surface area contributed by atoms with Crippen LogP contribution in [0.15, 0.2) is 78.9 Å². The van der Waals surface area contributed by atoms with E-state index in [1.165, 1.54) is 12.0 Å². The molecule has 1 atom stereocenters. The van der Waals surface area contributed by atoms with E-state index in [1.54, 1.807) is 0 Å². The summed E-state index contributed by atoms with van der Waals surface area (Å²) in [7, 11) is 0. The highest BCUT2D eigenvalue weighted by Crippen LogP contribution is 2.23. The second-order valence-electron chi connectivity index (χ2n) is 8.31. The summed E-state index contributed by atoms with van der Waals surface area (Å²) in [6, 6.07) is 25.5. The molecule has 5 heteroatoms. The first-order valence-electron chi connectivity index (χ1n) is 11.7. The monoisotopic (exact) mass is 441 g/mol. The summed E-state index contributed by atoms with van der Waals surface area (Å²) >= 11 is 0. The van der Waals surface area contributed by atoms with Crippen molar-refractivity contribution in [2.45, 2.75) is 45.7 Å². The topological polar surface area (TPSA) is 56.1 Å². The molecule has 4 rings (SSSR count). The lowest BCUT2D eigenvalue weighted by molar-refractivity contribution is 0.0937. The van der Waals surface area contributed by atoms with Gasteiger partial charge in [0.25, 0.3) is 5.91 Å². The first-order chi connectivity index (χ1) is 16.2. The highest BCUT2D eigenvalue weighted by molar-refractivity contribution is 5.94. The molecule has 1 heterocycles. The van der Waals surface area contributed by atoms with Crippen molar-refractivity contribution in [2.24, 2.45) is 0 Å². The Bertz CT molecular complexity index is 1180. The van der Waals surface area contributed by atoms with Crippen LogP contribution in [0.25, 0.3) is 11.0 Å². The molecule has 0 aliphatic rings. The molecule has 33 heavy (non-hydrogen) atoms. The summed E-state index contributed by atoms with van der Waals surface area (Å²) in [5, 5.41) is 3.12. The second kappa shape index (κ2) is 10.8. The number of nitrogens with one attached hydrogen (secondary N) is 1. The molecule has 4 aromatic rings. The van der Waals surface area contributed by atoms with Crippen LogP contribution in [-0.4, -0.2) is 22.1 Å². The van der Waals surface area contributed by atoms with E-state index in [4.69, 9.17) is 9.72 Å². The van der Waals surface area contributed by atoms with E-state index in [0.717, 1.165) is 35.4 Å². The van der Waals surface area contributed by atoms with Crippen LogP contribution < -0.4 is 10.1 Å². The standard InChI is InChI=1S/C28H31N3O2/c1-3-4-10-19-33-24-17-15-23(16-18-24)28(32)29-21(2)27-30-25-13-8-9-14-26(25)31(27)20-22-11-6-5-7-12-22/h5-9,11-18,21H,3-4,10,19-20H2,1-2H3,(H,29,32)/t21-/m0/s1. The highest BCUT2D eigenvalue weighted by Gasteiger charge is 2.19. The zero-order valence-electron chi connectivity index (χ0n) is 19.3. The zero-order chi connectivity index (χ0) is 23.0. The molecule has 0 saturated heterocycles. The third kappa shape index (κ3) is 5.61. The van der Waals surface area contributed by atoms with Gasteiger partial charge in [-0.15, -0.1) is 0 Å². The lowest BCUT2D eigenvalue weighted by Gasteiger charge is -2.17. The van der Waals surface area contributed by atoms with Crippen molar-refractivity contribution in [1.29, 1.82) is 0 Å². The Labute approximate surface area is 195 Å². The van der Waals surface area contributed by atoms with Gasteiger partial charge in [0.2, 0.25) is 0 Å². The molecule has 0 spiro atoms. The van der Waals surface area contributed by atoms with Crippen molar-refractivity contribution in [3.8, 4) is 5.75 Å². The van der Waals surface area contributed by atoms with Crippen LogP contribution in [0.3, 0.4) is 0 Å². The van der Waals surface area contributed by atoms with Gasteiger partial charge in [-0.05, 0) is 55.3 Å². The Kier molecular flexibility index (Phi) is 7.40. The van der Waals surface area contributed by atoms with Crippen molar-refractivity contribution in [3.63, 3.8) is 0 Å². The van der Waals surface area contributed by atoms with Gasteiger partial charge in [0.15, 0.2) is 0 Å². The van der Waals surface area contributed by atoms with Crippen LogP contribution >= 0.6 is 0 Å². The molecule has 5 nitrogen and oxygen atoms in total. The predicted octanol–water partition coefficient (Wildman–Crippen LogP) is 6.14. The maximum absolute atomic E-state index is 12.9. The molecular weight excluding hydrogens is 410 g/mol. The average Bonchev–Trinajstić information content (AvgIpc) is 3.21. The minimum Gasteiger partial charge on any atom is -0.494 e. The van der Waals surface area contributed by atoms with Crippen LogP contribution in [0.2, 0.25) is 0 Å². The number of carbonyl (C=O) groups is 1. The number of unbranched alkanes of at least 4 members (excludes halogenated alkanes) is 2. The third-order valence-corrected chi connectivity index (χ3v) is 5.74. The van der Waals surface area contributed by atoms with Gasteiger partial charge in [-0.25, -0.2) is 4.98 Å². The van der Waals surface area contributed by atoms with Crippen molar-refractivity contribution < 1.29 is 9.53 Å². The molecule has 0 aliphatic heterocycles. The summed E-state index contributed by atoms with van der Waals surface area (Å²) in [6.07, 6.45) is 3.37. The van der Waals surface area contributed by atoms with Crippen molar-refractivity contribution >= 4 is 16.9 Å². The van der Waals surface area contributed by atoms with Gasteiger partial charge in [-0.3, -0.25) is 4.79 Å². The van der Waals surface area contributed by atoms with Gasteiger partial charge >= 0.3 is 0 Å². The van der Waals surface area contributed by atoms with E-state index in [2.05, 4.69) is 35.0 Å². The summed E-state index contributed by atoms with van der Waals surface area (Å²) < 4.78 is 7.94. The molecule has 0 radical (unpaired) electrons. The summed E-state index contributed by atoms with van der Waals surface area (Å²) in [5.74, 6) is 1.50. The number of nitrogens with zero attached hydrogens (tertiary/aromatic N) is 2. The van der Waals surface area contributed by atoms with Gasteiger partial charge in [0.05, 0.1) is 23.7 Å². The number of hydrogen-bond acceptors (Lipinski definition) is 3. The normalized spacial score (nSPS) is 11.9. The number of para-hydroxylation sites is 2. The molecule has 0 aliphatic carbocycles. The SMILES string of the molecule is CCCCCOc1ccc(C(=O)N[C@@H](C)c2nc3ccccc3n2Cc2ccccc2)cc1. The number of amides is 1. The largest absolute Gasteiger partial charge is 0.494 e. The molecule has 0 saturated carbocycles. The molecule has 0 unspecified atom stereocenters. The molecule has 0 fully saturated rings. The fourth-order valence-electron chi connectivity index (χ4n) is 3.95. The lowest BCUT2D eigenvalue weighted by atomic mass is 10.2. The van der Waals surface area contributed by atoms with Crippen molar-refractivity contribution in [1.82, 2.24) is 14.9 Å². The van der Waals surface area contributed by atoms with Crippen LogP contribution in [0.4, 0.5) is 0 Å². The number of imidazole rings is 1. The smallest absolute Gasteiger partial charge is 0.251 e. The summed E-state index contributed by atoms with van der Waals surface area (Å²) in [4.78, 5) is 17.8. The maximum atomic E-state index is 12.9. The number of hydrogen-bond donors (Lipinski definition) is 1. The van der Waals surface area contributed by atoms with Crippen LogP contribution in [0.1, 0.15) is 60.9 Å². The number of rotatable bonds is 10. The van der Waals surface area contributed by atoms with E-state index < -0.39 is 0 Å². The molecule has 0 bridgehead atoms. The van der Waals surface area contributed by atoms with E-state index in [9.17, 15) is 4.79 Å². The van der Waals surface area contributed by atoms with Gasteiger partial charge in [-0.2, -0.15) is 0 Å². The Morgan fingerprint density at radius 3 is 2.45 bits per heavy atom. The Balaban J connectivity index is 1.49. The van der Waals surface area contributed by atoms with Crippen LogP contribution in [0.5, 0.6) is 5.75 Å². The van der Waals surface area contributed by atoms with Crippen LogP contribution in [0, 0.1) is 0 Å². The molecule has 1 aromatic heterocycles. The van der Waals surface area contributed by atoms with E-state index >= 15 is 0 Å². The molecule has 1 N–H and O–H groups in total. The number of ether oxygens (including phenoxy) is 1. The minimum absolute atomic E-state index is 0.127. The summed E-state index contributed by atoms with van der Waals surface area (Å²) in [6.45, 7) is 5.55. The van der Waals surface area contributed by atoms with E-state index in [1.807, 2.05) is 67.6 Å². The molecule has 1 amide bonds. The Morgan fingerprint density at radius 1 is 0.970 bits per heavy atom. The number of benzene rings is 3. The van der Waals surface area contributed by atoms with E-state index in [0.29, 0.717) is 18.7 Å². The Morgan fingerprint density at radius 2 is 1.70 bits per heavy atom. The summed E-state index contributed by atoms with van der Waals surface area (Å²) in [5.41, 5.74) is 3.78. The maximum Gasteiger partial charge on any atom is 0.251 e. The highest BCUT2D eigenvalue weighted by atomic mass is 16.5. The molecule has 3 aromatic carbocycles. The van der Waals surface area contributed by atoms with Gasteiger partial charge in [0.1, 0.15) is 11.6 Å². The number of aromatic nitrogens is 2. The van der Waals surface area contributed by atoms with Gasteiger partial charge < -0.3 is 14.6 Å².